The van der Waals surface area contributed by atoms with Crippen molar-refractivity contribution in [2.24, 2.45) is 5.92 Å². The minimum absolute atomic E-state index is 0.164. The summed E-state index contributed by atoms with van der Waals surface area (Å²) in [4.78, 5) is 27.0. The number of carbonyl (C=O) groups excluding carboxylic acids is 2. The van der Waals surface area contributed by atoms with Gasteiger partial charge in [0.25, 0.3) is 0 Å². The van der Waals surface area contributed by atoms with Crippen molar-refractivity contribution in [2.75, 3.05) is 14.1 Å². The van der Waals surface area contributed by atoms with Gasteiger partial charge in [0, 0.05) is 20.0 Å². The fraction of sp³-hybridized carbons (Fsp3) is 0.227. The van der Waals surface area contributed by atoms with E-state index in [1.54, 1.807) is 32.3 Å². The number of rotatable bonds is 3. The van der Waals surface area contributed by atoms with E-state index in [1.165, 1.54) is 4.90 Å². The smallest absolute Gasteiger partial charge is 0.233 e. The molecule has 1 aliphatic carbocycles. The Hall–Kier alpha value is -3.19. The summed E-state index contributed by atoms with van der Waals surface area (Å²) in [5.74, 6) is -1.33. The molecule has 0 bridgehead atoms. The quantitative estimate of drug-likeness (QED) is 0.802. The van der Waals surface area contributed by atoms with Gasteiger partial charge in [-0.2, -0.15) is 5.26 Å². The van der Waals surface area contributed by atoms with Crippen molar-refractivity contribution in [1.29, 1.82) is 5.26 Å². The zero-order valence-corrected chi connectivity index (χ0v) is 14.8. The SMILES string of the molecule is CN(C)C(=O)C1C(=O)C=C(c2ccccc2)CC1c1ccc(C#N)cc1. The number of nitriles is 1. The van der Waals surface area contributed by atoms with Gasteiger partial charge >= 0.3 is 0 Å². The Kier molecular flexibility index (Phi) is 4.99. The van der Waals surface area contributed by atoms with Crippen LogP contribution >= 0.6 is 0 Å². The van der Waals surface area contributed by atoms with E-state index in [9.17, 15) is 9.59 Å². The maximum absolute atomic E-state index is 12.9. The number of nitrogens with zero attached hydrogens (tertiary/aromatic N) is 2. The van der Waals surface area contributed by atoms with Crippen molar-refractivity contribution in [3.8, 4) is 6.07 Å². The molecule has 0 aromatic heterocycles. The Balaban J connectivity index is 2.04. The average molecular weight is 344 g/mol. The highest BCUT2D eigenvalue weighted by Crippen LogP contribution is 2.40. The standard InChI is InChI=1S/C22H20N2O2/c1-24(2)22(26)21-19(17-10-8-15(14-23)9-11-17)12-18(13-20(21)25)16-6-4-3-5-7-16/h3-11,13,19,21H,12H2,1-2H3. The van der Waals surface area contributed by atoms with Crippen molar-refractivity contribution in [2.45, 2.75) is 12.3 Å². The topological polar surface area (TPSA) is 61.2 Å². The highest BCUT2D eigenvalue weighted by Gasteiger charge is 2.39. The van der Waals surface area contributed by atoms with Gasteiger partial charge in [0.2, 0.25) is 5.91 Å². The number of allylic oxidation sites excluding steroid dienone is 2. The van der Waals surface area contributed by atoms with Gasteiger partial charge < -0.3 is 4.90 Å². The zero-order chi connectivity index (χ0) is 18.7. The summed E-state index contributed by atoms with van der Waals surface area (Å²) in [7, 11) is 3.34. The number of hydrogen-bond donors (Lipinski definition) is 0. The van der Waals surface area contributed by atoms with Crippen LogP contribution in [0.4, 0.5) is 0 Å². The first-order valence-electron chi connectivity index (χ1n) is 8.52. The molecule has 0 radical (unpaired) electrons. The Bertz CT molecular complexity index is 890. The van der Waals surface area contributed by atoms with Crippen LogP contribution in [0.15, 0.2) is 60.7 Å². The van der Waals surface area contributed by atoms with Gasteiger partial charge in [-0.1, -0.05) is 42.5 Å². The molecule has 0 spiro atoms. The molecular formula is C22H20N2O2. The van der Waals surface area contributed by atoms with Gasteiger partial charge in [0.05, 0.1) is 11.6 Å². The van der Waals surface area contributed by atoms with Crippen molar-refractivity contribution in [3.63, 3.8) is 0 Å². The van der Waals surface area contributed by atoms with E-state index in [-0.39, 0.29) is 17.6 Å². The lowest BCUT2D eigenvalue weighted by molar-refractivity contribution is -0.139. The van der Waals surface area contributed by atoms with E-state index in [1.807, 2.05) is 42.5 Å². The second-order valence-electron chi connectivity index (χ2n) is 6.69. The number of benzene rings is 2. The lowest BCUT2D eigenvalue weighted by atomic mass is 9.73. The van der Waals surface area contributed by atoms with Crippen molar-refractivity contribution in [1.82, 2.24) is 4.90 Å². The fourth-order valence-corrected chi connectivity index (χ4v) is 3.41. The van der Waals surface area contributed by atoms with E-state index in [2.05, 4.69) is 6.07 Å². The van der Waals surface area contributed by atoms with Gasteiger partial charge in [-0.05, 0) is 41.3 Å². The second kappa shape index (κ2) is 7.37. The third kappa shape index (κ3) is 3.43. The molecule has 2 aromatic rings. The Morgan fingerprint density at radius 1 is 1.08 bits per heavy atom. The predicted molar refractivity (Wildman–Crippen MR) is 100 cm³/mol. The highest BCUT2D eigenvalue weighted by atomic mass is 16.2. The second-order valence-corrected chi connectivity index (χ2v) is 6.69. The van der Waals surface area contributed by atoms with Gasteiger partial charge in [0.1, 0.15) is 5.92 Å². The number of hydrogen-bond acceptors (Lipinski definition) is 3. The number of amides is 1. The van der Waals surface area contributed by atoms with Crippen LogP contribution in [0.5, 0.6) is 0 Å². The summed E-state index contributed by atoms with van der Waals surface area (Å²) in [6.07, 6.45) is 2.22. The van der Waals surface area contributed by atoms with E-state index < -0.39 is 5.92 Å². The molecule has 0 N–H and O–H groups in total. The molecular weight excluding hydrogens is 324 g/mol. The maximum Gasteiger partial charge on any atom is 0.233 e. The van der Waals surface area contributed by atoms with Gasteiger partial charge in [-0.15, -0.1) is 0 Å². The minimum atomic E-state index is -0.731. The molecule has 1 aliphatic rings. The van der Waals surface area contributed by atoms with Crippen LogP contribution in [0.25, 0.3) is 5.57 Å². The molecule has 26 heavy (non-hydrogen) atoms. The summed E-state index contributed by atoms with van der Waals surface area (Å²) < 4.78 is 0. The van der Waals surface area contributed by atoms with E-state index >= 15 is 0 Å². The Labute approximate surface area is 153 Å². The molecule has 0 saturated carbocycles. The summed E-state index contributed by atoms with van der Waals surface area (Å²) in [6, 6.07) is 19.0. The molecule has 0 saturated heterocycles. The molecule has 3 rings (SSSR count). The molecule has 2 atom stereocenters. The summed E-state index contributed by atoms with van der Waals surface area (Å²) in [6.45, 7) is 0. The molecule has 4 heteroatoms. The largest absolute Gasteiger partial charge is 0.348 e. The monoisotopic (exact) mass is 344 g/mol. The van der Waals surface area contributed by atoms with Crippen LogP contribution in [-0.2, 0) is 9.59 Å². The first kappa shape index (κ1) is 17.6. The Morgan fingerprint density at radius 3 is 2.31 bits per heavy atom. The van der Waals surface area contributed by atoms with Crippen LogP contribution in [0, 0.1) is 17.2 Å². The molecule has 0 aliphatic heterocycles. The van der Waals surface area contributed by atoms with Gasteiger partial charge in [-0.25, -0.2) is 0 Å². The van der Waals surface area contributed by atoms with Crippen LogP contribution < -0.4 is 0 Å². The summed E-state index contributed by atoms with van der Waals surface area (Å²) >= 11 is 0. The molecule has 2 unspecified atom stereocenters. The van der Waals surface area contributed by atoms with E-state index in [0.717, 1.165) is 16.7 Å². The highest BCUT2D eigenvalue weighted by molar-refractivity contribution is 6.11. The number of carbonyl (C=O) groups is 2. The van der Waals surface area contributed by atoms with E-state index in [0.29, 0.717) is 12.0 Å². The lowest BCUT2D eigenvalue weighted by Crippen LogP contribution is -2.39. The summed E-state index contributed by atoms with van der Waals surface area (Å²) in [5, 5.41) is 9.01. The molecule has 1 amide bonds. The molecule has 0 heterocycles. The first-order valence-corrected chi connectivity index (χ1v) is 8.52. The van der Waals surface area contributed by atoms with Crippen molar-refractivity contribution in [3.05, 3.63) is 77.4 Å². The van der Waals surface area contributed by atoms with Crippen molar-refractivity contribution < 1.29 is 9.59 Å². The third-order valence-electron chi connectivity index (χ3n) is 4.78. The van der Waals surface area contributed by atoms with Gasteiger partial charge in [0.15, 0.2) is 5.78 Å². The first-order chi connectivity index (χ1) is 12.5. The molecule has 0 fully saturated rings. The Morgan fingerprint density at radius 2 is 1.73 bits per heavy atom. The van der Waals surface area contributed by atoms with E-state index in [4.69, 9.17) is 5.26 Å². The molecule has 2 aromatic carbocycles. The third-order valence-corrected chi connectivity index (χ3v) is 4.78. The lowest BCUT2D eigenvalue weighted by Gasteiger charge is -2.31. The molecule has 130 valence electrons. The number of ketones is 1. The van der Waals surface area contributed by atoms with Gasteiger partial charge in [-0.3, -0.25) is 9.59 Å². The fourth-order valence-electron chi connectivity index (χ4n) is 3.41. The summed E-state index contributed by atoms with van der Waals surface area (Å²) in [5.41, 5.74) is 3.40. The predicted octanol–water partition coefficient (Wildman–Crippen LogP) is 3.40. The molecule has 4 nitrogen and oxygen atoms in total. The van der Waals surface area contributed by atoms with Crippen LogP contribution in [0.2, 0.25) is 0 Å². The maximum atomic E-state index is 12.9. The van der Waals surface area contributed by atoms with Crippen LogP contribution in [0.1, 0.15) is 29.0 Å². The minimum Gasteiger partial charge on any atom is -0.348 e. The zero-order valence-electron chi connectivity index (χ0n) is 14.8. The average Bonchev–Trinajstić information content (AvgIpc) is 2.67. The van der Waals surface area contributed by atoms with Crippen molar-refractivity contribution >= 4 is 17.3 Å². The van der Waals surface area contributed by atoms with Crippen LogP contribution in [-0.4, -0.2) is 30.7 Å². The van der Waals surface area contributed by atoms with Crippen LogP contribution in [0.3, 0.4) is 0 Å². The normalized spacial score (nSPS) is 19.4.